The molecule has 1 atom stereocenters. The van der Waals surface area contributed by atoms with Gasteiger partial charge in [0.25, 0.3) is 0 Å². The second kappa shape index (κ2) is 9.90. The number of nitrogens with zero attached hydrogens (tertiary/aromatic N) is 5. The summed E-state index contributed by atoms with van der Waals surface area (Å²) in [6.45, 7) is 16.8. The third kappa shape index (κ3) is 5.24. The second-order valence-electron chi connectivity index (χ2n) is 10.9. The van der Waals surface area contributed by atoms with E-state index in [1.54, 1.807) is 17.7 Å². The Morgan fingerprint density at radius 1 is 1.14 bits per heavy atom. The summed E-state index contributed by atoms with van der Waals surface area (Å²) in [5.41, 5.74) is 0.816. The molecule has 0 spiro atoms. The smallest absolute Gasteiger partial charge is 0.410 e. The molecule has 1 saturated heterocycles. The second-order valence-corrected chi connectivity index (χ2v) is 12.0. The van der Waals surface area contributed by atoms with E-state index >= 15 is 0 Å². The maximum Gasteiger partial charge on any atom is 0.410 e. The number of piperazine rings is 1. The number of fused-ring (bicyclic) bond motifs is 3. The van der Waals surface area contributed by atoms with Crippen LogP contribution in [0.5, 0.6) is 5.88 Å². The van der Waals surface area contributed by atoms with E-state index in [1.165, 1.54) is 10.4 Å². The van der Waals surface area contributed by atoms with Gasteiger partial charge in [-0.3, -0.25) is 4.90 Å². The topological polar surface area (TPSA) is 72.2 Å². The molecule has 2 fully saturated rings. The summed E-state index contributed by atoms with van der Waals surface area (Å²) in [4.78, 5) is 31.8. The molecule has 5 rings (SSSR count). The summed E-state index contributed by atoms with van der Waals surface area (Å²) in [7, 11) is 0. The molecule has 8 nitrogen and oxygen atoms in total. The van der Waals surface area contributed by atoms with Crippen molar-refractivity contribution in [2.24, 2.45) is 0 Å². The van der Waals surface area contributed by atoms with Crippen LogP contribution < -0.4 is 4.74 Å². The van der Waals surface area contributed by atoms with Gasteiger partial charge in [-0.05, 0) is 64.9 Å². The van der Waals surface area contributed by atoms with Crippen molar-refractivity contribution in [1.29, 1.82) is 0 Å². The molecule has 2 aliphatic carbocycles. The van der Waals surface area contributed by atoms with Crippen molar-refractivity contribution in [2.75, 3.05) is 32.7 Å². The van der Waals surface area contributed by atoms with Crippen LogP contribution in [0.25, 0.3) is 15.1 Å². The van der Waals surface area contributed by atoms with Crippen molar-refractivity contribution in [3.8, 4) is 5.88 Å². The van der Waals surface area contributed by atoms with E-state index in [4.69, 9.17) is 16.0 Å². The lowest BCUT2D eigenvalue weighted by Gasteiger charge is -2.42. The zero-order valence-electron chi connectivity index (χ0n) is 21.0. The van der Waals surface area contributed by atoms with E-state index in [0.717, 1.165) is 74.9 Å². The Morgan fingerprint density at radius 3 is 2.57 bits per heavy atom. The maximum absolute atomic E-state index is 12.4. The highest BCUT2D eigenvalue weighted by atomic mass is 32.1. The minimum absolute atomic E-state index is 0.156. The number of rotatable bonds is 4. The molecule has 1 saturated carbocycles. The van der Waals surface area contributed by atoms with Crippen molar-refractivity contribution in [3.05, 3.63) is 28.2 Å². The predicted octanol–water partition coefficient (Wildman–Crippen LogP) is 4.88. The van der Waals surface area contributed by atoms with Crippen molar-refractivity contribution >= 4 is 27.6 Å². The average Bonchev–Trinajstić information content (AvgIpc) is 3.39. The summed E-state index contributed by atoms with van der Waals surface area (Å²) in [5, 5.41) is 1.05. The minimum Gasteiger partial charge on any atom is -0.474 e. The normalized spacial score (nSPS) is 25.3. The first-order valence-corrected chi connectivity index (χ1v) is 13.6. The van der Waals surface area contributed by atoms with Crippen molar-refractivity contribution in [3.63, 3.8) is 0 Å². The van der Waals surface area contributed by atoms with Crippen molar-refractivity contribution < 1.29 is 14.3 Å². The molecule has 0 bridgehead atoms. The van der Waals surface area contributed by atoms with Gasteiger partial charge in [0.05, 0.1) is 11.3 Å². The predicted molar refractivity (Wildman–Crippen MR) is 136 cm³/mol. The standard InChI is InChI=1S/C26H35N5O3S/c1-26(2,3)34-25(32)31-13-11-30(12-14-31)18-6-8-19(9-7-18)33-23-22-21-17(15-27-4)5-10-20(21)35-24(22)29-16-28-23/h16-19H,5-15H2,1-3H3/t17-,18?,19?/m1/s1. The lowest BCUT2D eigenvalue weighted by molar-refractivity contribution is 0.00509. The van der Waals surface area contributed by atoms with E-state index in [0.29, 0.717) is 18.5 Å². The lowest BCUT2D eigenvalue weighted by Crippen LogP contribution is -2.53. The molecule has 3 aliphatic rings. The Bertz CT molecular complexity index is 1100. The summed E-state index contributed by atoms with van der Waals surface area (Å²) >= 11 is 1.74. The van der Waals surface area contributed by atoms with Crippen LogP contribution in [0, 0.1) is 6.57 Å². The number of ether oxygens (including phenoxy) is 2. The van der Waals surface area contributed by atoms with Crippen LogP contribution in [0.3, 0.4) is 0 Å². The van der Waals surface area contributed by atoms with Crippen LogP contribution in [-0.2, 0) is 11.2 Å². The number of hydrogen-bond donors (Lipinski definition) is 0. The monoisotopic (exact) mass is 497 g/mol. The molecule has 0 aromatic carbocycles. The number of thiophene rings is 1. The summed E-state index contributed by atoms with van der Waals surface area (Å²) in [6.07, 6.45) is 7.82. The Kier molecular flexibility index (Phi) is 6.86. The number of hydrogen-bond acceptors (Lipinski definition) is 7. The van der Waals surface area contributed by atoms with Crippen LogP contribution in [0.2, 0.25) is 0 Å². The molecule has 0 radical (unpaired) electrons. The van der Waals surface area contributed by atoms with E-state index < -0.39 is 5.60 Å². The molecule has 3 heterocycles. The Hall–Kier alpha value is -2.44. The first-order chi connectivity index (χ1) is 16.8. The zero-order valence-corrected chi connectivity index (χ0v) is 21.8. The molecule has 0 unspecified atom stereocenters. The van der Waals surface area contributed by atoms with Gasteiger partial charge in [0.1, 0.15) is 22.9 Å². The zero-order chi connectivity index (χ0) is 24.6. The van der Waals surface area contributed by atoms with Gasteiger partial charge in [0.2, 0.25) is 12.4 Å². The van der Waals surface area contributed by atoms with Gasteiger partial charge >= 0.3 is 6.09 Å². The third-order valence-electron chi connectivity index (χ3n) is 7.41. The molecule has 1 amide bonds. The highest BCUT2D eigenvalue weighted by molar-refractivity contribution is 7.19. The van der Waals surface area contributed by atoms with Crippen molar-refractivity contribution in [1.82, 2.24) is 19.8 Å². The first kappa shape index (κ1) is 24.3. The third-order valence-corrected chi connectivity index (χ3v) is 8.58. The molecular weight excluding hydrogens is 462 g/mol. The van der Waals surface area contributed by atoms with E-state index in [2.05, 4.69) is 19.7 Å². The van der Waals surface area contributed by atoms with Crippen LogP contribution in [0.15, 0.2) is 6.33 Å². The van der Waals surface area contributed by atoms with E-state index in [-0.39, 0.29) is 18.1 Å². The van der Waals surface area contributed by atoms with Gasteiger partial charge in [-0.1, -0.05) is 0 Å². The quantitative estimate of drug-likeness (QED) is 0.561. The number of carbonyl (C=O) groups excluding carboxylic acids is 1. The van der Waals surface area contributed by atoms with E-state index in [1.807, 2.05) is 25.7 Å². The number of aromatic nitrogens is 2. The SMILES string of the molecule is [C-]#[N+]C[C@H]1CCc2sc3ncnc(OC4CCC(N5CCN(C(=O)OC(C)(C)C)CC5)CC4)c3c21. The van der Waals surface area contributed by atoms with E-state index in [9.17, 15) is 4.79 Å². The van der Waals surface area contributed by atoms with Crippen molar-refractivity contribution in [2.45, 2.75) is 83.0 Å². The maximum atomic E-state index is 12.4. The lowest BCUT2D eigenvalue weighted by atomic mass is 9.91. The van der Waals surface area contributed by atoms with Gasteiger partial charge < -0.3 is 19.2 Å². The molecule has 2 aromatic heterocycles. The fraction of sp³-hybridized carbons (Fsp3) is 0.692. The summed E-state index contributed by atoms with van der Waals surface area (Å²) in [5.74, 6) is 0.985. The van der Waals surface area contributed by atoms with Crippen LogP contribution in [0.1, 0.15) is 69.2 Å². The number of amides is 1. The molecular formula is C26H35N5O3S. The van der Waals surface area contributed by atoms with Crippen LogP contribution >= 0.6 is 11.3 Å². The average molecular weight is 498 g/mol. The van der Waals surface area contributed by atoms with Gasteiger partial charge in [0.15, 0.2) is 0 Å². The number of aryl methyl sites for hydroxylation is 1. The highest BCUT2D eigenvalue weighted by Crippen LogP contribution is 2.46. The molecule has 35 heavy (non-hydrogen) atoms. The van der Waals surface area contributed by atoms with Gasteiger partial charge in [-0.2, -0.15) is 0 Å². The van der Waals surface area contributed by atoms with Crippen LogP contribution in [-0.4, -0.2) is 76.3 Å². The van der Waals surface area contributed by atoms with Gasteiger partial charge in [-0.15, -0.1) is 11.3 Å². The molecule has 1 aliphatic heterocycles. The first-order valence-electron chi connectivity index (χ1n) is 12.8. The summed E-state index contributed by atoms with van der Waals surface area (Å²) in [6, 6.07) is 0.537. The fourth-order valence-electron chi connectivity index (χ4n) is 5.70. The molecule has 2 aromatic rings. The Labute approximate surface area is 211 Å². The molecule has 0 N–H and O–H groups in total. The molecule has 188 valence electrons. The molecule has 9 heteroatoms. The minimum atomic E-state index is -0.456. The van der Waals surface area contributed by atoms with Crippen LogP contribution in [0.4, 0.5) is 4.79 Å². The summed E-state index contributed by atoms with van der Waals surface area (Å²) < 4.78 is 12.0. The largest absolute Gasteiger partial charge is 0.474 e. The highest BCUT2D eigenvalue weighted by Gasteiger charge is 2.34. The van der Waals surface area contributed by atoms with Gasteiger partial charge in [0, 0.05) is 37.1 Å². The Balaban J connectivity index is 1.17. The number of carbonyl (C=O) groups is 1. The van der Waals surface area contributed by atoms with Gasteiger partial charge in [-0.25, -0.2) is 21.3 Å². The Morgan fingerprint density at radius 2 is 1.89 bits per heavy atom. The fourth-order valence-corrected chi connectivity index (χ4v) is 6.94.